The molecule has 3 atom stereocenters. The Morgan fingerprint density at radius 2 is 1.31 bits per heavy atom. The second-order valence-electron chi connectivity index (χ2n) is 11.5. The van der Waals surface area contributed by atoms with Crippen LogP contribution in [0.3, 0.4) is 0 Å². The van der Waals surface area contributed by atoms with Gasteiger partial charge < -0.3 is 4.74 Å². The predicted octanol–water partition coefficient (Wildman–Crippen LogP) is 13.1. The van der Waals surface area contributed by atoms with Gasteiger partial charge in [-0.2, -0.15) is 8.75 Å². The van der Waals surface area contributed by atoms with E-state index in [1.807, 2.05) is 42.5 Å². The van der Waals surface area contributed by atoms with E-state index in [0.29, 0.717) is 27.9 Å². The van der Waals surface area contributed by atoms with Crippen molar-refractivity contribution >= 4 is 76.9 Å². The summed E-state index contributed by atoms with van der Waals surface area (Å²) >= 11 is 4.27. The quantitative estimate of drug-likeness (QED) is 0.114. The number of para-hydroxylation sites is 1. The van der Waals surface area contributed by atoms with Crippen molar-refractivity contribution in [3.63, 3.8) is 0 Å². The summed E-state index contributed by atoms with van der Waals surface area (Å²) < 4.78 is 67.8. The molecule has 7 rings (SSSR count). The van der Waals surface area contributed by atoms with E-state index < -0.39 is 21.5 Å². The Balaban J connectivity index is 0.000000503. The average molecular weight is 765 g/mol. The van der Waals surface area contributed by atoms with E-state index >= 15 is 4.39 Å². The van der Waals surface area contributed by atoms with Crippen molar-refractivity contribution in [2.45, 2.75) is 27.7 Å². The van der Waals surface area contributed by atoms with Crippen molar-refractivity contribution in [2.75, 3.05) is 0 Å². The molecule has 0 fully saturated rings. The molecular formula is C36H31BF2N2O2P3S3+. The number of hydrogen-bond acceptors (Lipinski definition) is 7. The third-order valence-electron chi connectivity index (χ3n) is 7.74. The third-order valence-corrected chi connectivity index (χ3v) is 11.5. The molecule has 49 heavy (non-hydrogen) atoms. The molecule has 3 aromatic heterocycles. The molecule has 4 aromatic carbocycles. The molecule has 3 heterocycles. The van der Waals surface area contributed by atoms with Gasteiger partial charge in [-0.05, 0) is 86.3 Å². The van der Waals surface area contributed by atoms with Crippen molar-refractivity contribution in [1.29, 1.82) is 2.56 Å². The Kier molecular flexibility index (Phi) is 10.1. The summed E-state index contributed by atoms with van der Waals surface area (Å²) in [4.78, 5) is 3.86. The first kappa shape index (κ1) is 33.1. The summed E-state index contributed by atoms with van der Waals surface area (Å²) in [7, 11) is -0.567. The van der Waals surface area contributed by atoms with Crippen LogP contribution < -0.4 is 4.74 Å². The zero-order valence-corrected chi connectivity index (χ0v) is 32.3. The number of thiophene rings is 2. The second kappa shape index (κ2) is 15.0. The van der Waals surface area contributed by atoms with Gasteiger partial charge in [0.15, 0.2) is 11.6 Å². The van der Waals surface area contributed by atoms with Crippen LogP contribution in [0.1, 0.15) is 22.3 Å². The summed E-state index contributed by atoms with van der Waals surface area (Å²) in [5, 5.41) is 0. The molecule has 4 nitrogen and oxygen atoms in total. The van der Waals surface area contributed by atoms with Crippen molar-refractivity contribution < 1.29 is 18.0 Å². The van der Waals surface area contributed by atoms with Crippen molar-refractivity contribution in [3.05, 3.63) is 119 Å². The van der Waals surface area contributed by atoms with Crippen LogP contribution in [-0.2, 0) is 4.70 Å². The van der Waals surface area contributed by atoms with E-state index in [4.69, 9.17) is 11.7 Å². The number of aromatic nitrogens is 2. The maximum atomic E-state index is 17.0. The molecular weight excluding hydrogens is 730 g/mol. The van der Waals surface area contributed by atoms with Gasteiger partial charge in [0.2, 0.25) is 0 Å². The first-order valence-corrected chi connectivity index (χ1v) is 21.9. The number of benzene rings is 4. The molecule has 7 aromatic rings. The van der Waals surface area contributed by atoms with Crippen molar-refractivity contribution in [1.82, 2.24) is 8.75 Å². The fourth-order valence-electron chi connectivity index (χ4n) is 5.34. The van der Waals surface area contributed by atoms with Gasteiger partial charge in [0.25, 0.3) is 0 Å². The molecule has 0 radical (unpaired) electrons. The minimum absolute atomic E-state index is 0.0728. The monoisotopic (exact) mass is 764 g/mol. The molecule has 0 saturated carbocycles. The van der Waals surface area contributed by atoms with E-state index in [0.717, 1.165) is 36.8 Å². The molecule has 0 spiro atoms. The normalized spacial score (nSPS) is 13.4. The van der Waals surface area contributed by atoms with Gasteiger partial charge in [-0.1, -0.05) is 65.7 Å². The van der Waals surface area contributed by atoms with Gasteiger partial charge in [0.05, 0.1) is 22.9 Å². The summed E-state index contributed by atoms with van der Waals surface area (Å²) in [5.74, 6) is 0.289. The Hall–Kier alpha value is -3.09. The minimum atomic E-state index is -3.36. The van der Waals surface area contributed by atoms with Crippen LogP contribution in [0.5, 0.6) is 11.5 Å². The number of halogens is 2. The van der Waals surface area contributed by atoms with E-state index in [9.17, 15) is 8.90 Å². The zero-order chi connectivity index (χ0) is 36.4. The number of fused-ring (bicyclic) bond motifs is 1. The standard InChI is InChI=1S/C36H27FN2OS3.BFH4OP3/c1-20-10-12-22(3)25(18-20)27-14-16-29(41-27)31-33(37)36(40-24-8-6-5-7-9-24)32(35-34(31)38-43-39-35)30-17-15-28(42-30)26-19-21(2)11-13-23(26)4;2-6(4,5)1-3/h5-19H,1-4H3;4-5H2/q;+1/i;4TD. The summed E-state index contributed by atoms with van der Waals surface area (Å²) in [6.45, 7) is 5.11. The fraction of sp³-hybridized carbons (Fsp3) is 0.111. The van der Waals surface area contributed by atoms with Crippen molar-refractivity contribution in [3.8, 4) is 53.3 Å². The molecule has 3 unspecified atom stereocenters. The molecule has 0 N–H and O–H groups in total. The zero-order valence-electron chi connectivity index (χ0n) is 28.9. The molecule has 0 aliphatic rings. The number of hydrogen-bond donors (Lipinski definition) is 0. The van der Waals surface area contributed by atoms with Gasteiger partial charge in [0.1, 0.15) is 16.8 Å². The van der Waals surface area contributed by atoms with Crippen LogP contribution in [-0.4, -0.2) is 18.2 Å². The predicted molar refractivity (Wildman–Crippen MR) is 214 cm³/mol. The van der Waals surface area contributed by atoms with Crippen molar-refractivity contribution in [2.24, 2.45) is 0 Å². The van der Waals surface area contributed by atoms with Crippen LogP contribution in [0.4, 0.5) is 8.59 Å². The Morgan fingerprint density at radius 3 is 1.82 bits per heavy atom. The van der Waals surface area contributed by atoms with Crippen LogP contribution in [0.25, 0.3) is 52.8 Å². The SMILES string of the molecule is Cc1ccc(C)c(-c2ccc(-c3c(F)c(Oc4ccccc4)c(-c4ccc(-c5cc(C)ccc5C)s4)c4nsnc34)s2)c1.[2H]P([3H])[P+](F)(P)B=O. The van der Waals surface area contributed by atoms with Gasteiger partial charge >= 0.3 is 42.9 Å². The van der Waals surface area contributed by atoms with Crippen LogP contribution in [0.2, 0.25) is 0 Å². The van der Waals surface area contributed by atoms with Crippen LogP contribution >= 0.6 is 59.0 Å². The Morgan fingerprint density at radius 1 is 0.796 bits per heavy atom. The van der Waals surface area contributed by atoms with Crippen LogP contribution in [0.15, 0.2) is 91.0 Å². The molecule has 13 heteroatoms. The van der Waals surface area contributed by atoms with Gasteiger partial charge in [0, 0.05) is 19.5 Å². The van der Waals surface area contributed by atoms with Gasteiger partial charge in [-0.25, -0.2) is 4.39 Å². The van der Waals surface area contributed by atoms with Crippen LogP contribution in [0, 0.1) is 33.5 Å². The molecule has 0 amide bonds. The Bertz CT molecular complexity index is 2370. The number of aryl methyl sites for hydroxylation is 4. The summed E-state index contributed by atoms with van der Waals surface area (Å²) in [6, 6.07) is 30.4. The maximum absolute atomic E-state index is 17.0. The van der Waals surface area contributed by atoms with E-state index in [-0.39, 0.29) is 12.6 Å². The molecule has 0 bridgehead atoms. The molecule has 0 saturated heterocycles. The van der Waals surface area contributed by atoms with E-state index in [1.165, 1.54) is 27.8 Å². The fourth-order valence-corrected chi connectivity index (χ4v) is 8.16. The van der Waals surface area contributed by atoms with E-state index in [2.05, 4.69) is 80.6 Å². The molecule has 0 aliphatic heterocycles. The first-order valence-electron chi connectivity index (χ1n) is 15.9. The van der Waals surface area contributed by atoms with E-state index in [1.54, 1.807) is 31.6 Å². The Labute approximate surface area is 304 Å². The third kappa shape index (κ3) is 7.96. The van der Waals surface area contributed by atoms with Gasteiger partial charge in [-0.3, -0.25) is 0 Å². The number of nitrogens with zero attached hydrogens (tertiary/aromatic N) is 2. The summed E-state index contributed by atoms with van der Waals surface area (Å²) in [6.07, 6.45) is 0. The number of ether oxygens (including phenoxy) is 1. The summed E-state index contributed by atoms with van der Waals surface area (Å²) in [5.41, 5.74) is 9.32. The first-order chi connectivity index (χ1) is 24.4. The van der Waals surface area contributed by atoms with Gasteiger partial charge in [-0.15, -0.1) is 22.7 Å². The topological polar surface area (TPSA) is 52.1 Å². The second-order valence-corrected chi connectivity index (χ2v) is 21.1. The molecule has 246 valence electrons. The number of rotatable bonds is 8. The average Bonchev–Trinajstić information content (AvgIpc) is 3.90. The molecule has 0 aliphatic carbocycles.